The number of halogens is 1. The van der Waals surface area contributed by atoms with Gasteiger partial charge < -0.3 is 19.7 Å². The molecule has 3 aromatic rings. The van der Waals surface area contributed by atoms with Crippen LogP contribution in [0.15, 0.2) is 78.4 Å². The van der Waals surface area contributed by atoms with E-state index >= 15 is 0 Å². The second-order valence-corrected chi connectivity index (χ2v) is 11.1. The Balaban J connectivity index is 1.15. The number of benzene rings is 3. The number of rotatable bonds is 7. The average Bonchev–Trinajstić information content (AvgIpc) is 2.98. The van der Waals surface area contributed by atoms with Crippen LogP contribution in [-0.4, -0.2) is 55.2 Å². The van der Waals surface area contributed by atoms with Gasteiger partial charge in [0.05, 0.1) is 12.7 Å². The third-order valence-electron chi connectivity index (χ3n) is 8.12. The third kappa shape index (κ3) is 7.22. The maximum absolute atomic E-state index is 13.6. The molecule has 0 aliphatic carbocycles. The molecular formula is C34H37FN2O4. The molecule has 1 N–H and O–H groups in total. The molecule has 1 spiro atoms. The van der Waals surface area contributed by atoms with Crippen molar-refractivity contribution in [3.63, 3.8) is 0 Å². The van der Waals surface area contributed by atoms with E-state index in [4.69, 9.17) is 9.47 Å². The monoisotopic (exact) mass is 556 g/mol. The van der Waals surface area contributed by atoms with E-state index < -0.39 is 0 Å². The molecule has 214 valence electrons. The quantitative estimate of drug-likeness (QED) is 0.374. The summed E-state index contributed by atoms with van der Waals surface area (Å²) in [6.07, 6.45) is 5.41. The Hall–Kier alpha value is -3.97. The van der Waals surface area contributed by atoms with Crippen molar-refractivity contribution in [2.75, 3.05) is 26.8 Å². The number of hydrogen-bond acceptors (Lipinski definition) is 4. The van der Waals surface area contributed by atoms with Crippen molar-refractivity contribution in [3.05, 3.63) is 106 Å². The number of likely N-dealkylation sites (tertiary alicyclic amines) is 1. The lowest BCUT2D eigenvalue weighted by Crippen LogP contribution is -2.54. The van der Waals surface area contributed by atoms with Crippen LogP contribution in [0.1, 0.15) is 59.7 Å². The zero-order valence-corrected chi connectivity index (χ0v) is 23.7. The molecule has 41 heavy (non-hydrogen) atoms. The molecule has 0 aromatic heterocycles. The lowest BCUT2D eigenvalue weighted by Gasteiger charge is -2.46. The minimum absolute atomic E-state index is 0.000832. The predicted molar refractivity (Wildman–Crippen MR) is 157 cm³/mol. The predicted octanol–water partition coefficient (Wildman–Crippen LogP) is 5.80. The number of methoxy groups -OCH3 is 1. The van der Waals surface area contributed by atoms with Crippen LogP contribution in [0, 0.1) is 5.82 Å². The number of nitrogens with zero attached hydrogens (tertiary/aromatic N) is 1. The van der Waals surface area contributed by atoms with Gasteiger partial charge in [-0.15, -0.1) is 0 Å². The number of hydrogen-bond donors (Lipinski definition) is 1. The van der Waals surface area contributed by atoms with Crippen molar-refractivity contribution in [1.82, 2.24) is 10.2 Å². The molecule has 2 aliphatic rings. The van der Waals surface area contributed by atoms with E-state index in [2.05, 4.69) is 5.32 Å². The number of nitrogens with one attached hydrogen (secondary N) is 1. The van der Waals surface area contributed by atoms with Gasteiger partial charge in [0.15, 0.2) is 0 Å². The molecule has 2 fully saturated rings. The SMILES string of the molecule is COc1ccc(/C=C(\C)C(=O)NC2CCOC3(CCN(C(=O)c4cccc(Cc5cccc(F)c5)c4)CC3)C2)cc1. The van der Waals surface area contributed by atoms with Gasteiger partial charge in [-0.2, -0.15) is 0 Å². The van der Waals surface area contributed by atoms with Gasteiger partial charge in [0, 0.05) is 36.9 Å². The van der Waals surface area contributed by atoms with Crippen molar-refractivity contribution in [2.24, 2.45) is 0 Å². The summed E-state index contributed by atoms with van der Waals surface area (Å²) < 4.78 is 25.1. The number of ether oxygens (including phenoxy) is 2. The second kappa shape index (κ2) is 12.7. The molecule has 2 aliphatic heterocycles. The minimum Gasteiger partial charge on any atom is -0.497 e. The number of amides is 2. The molecule has 2 saturated heterocycles. The maximum atomic E-state index is 13.6. The Morgan fingerprint density at radius 1 is 1.05 bits per heavy atom. The summed E-state index contributed by atoms with van der Waals surface area (Å²) in [4.78, 5) is 28.2. The Kier molecular flexibility index (Phi) is 8.84. The van der Waals surface area contributed by atoms with Gasteiger partial charge in [-0.05, 0) is 98.2 Å². The fourth-order valence-corrected chi connectivity index (χ4v) is 5.81. The molecule has 3 aromatic carbocycles. The van der Waals surface area contributed by atoms with Gasteiger partial charge in [-0.1, -0.05) is 36.4 Å². The average molecular weight is 557 g/mol. The summed E-state index contributed by atoms with van der Waals surface area (Å²) in [5.74, 6) is 0.442. The van der Waals surface area contributed by atoms with Gasteiger partial charge in [0.25, 0.3) is 5.91 Å². The second-order valence-electron chi connectivity index (χ2n) is 11.1. The first-order valence-corrected chi connectivity index (χ1v) is 14.2. The standard InChI is InChI=1S/C34H37FN2O4/c1-24(19-25-9-11-31(40-2)12-10-25)32(38)36-30-13-18-41-34(23-30)14-16-37(17-15-34)33(39)28-7-3-5-26(21-28)20-27-6-4-8-29(35)22-27/h3-12,19,21-22,30H,13-18,20,23H2,1-2H3,(H,36,38)/b24-19+. The zero-order chi connectivity index (χ0) is 28.8. The molecule has 0 bridgehead atoms. The highest BCUT2D eigenvalue weighted by atomic mass is 19.1. The van der Waals surface area contributed by atoms with Crippen LogP contribution < -0.4 is 10.1 Å². The smallest absolute Gasteiger partial charge is 0.253 e. The van der Waals surface area contributed by atoms with Gasteiger partial charge >= 0.3 is 0 Å². The van der Waals surface area contributed by atoms with Crippen LogP contribution in [0.25, 0.3) is 6.08 Å². The third-order valence-corrected chi connectivity index (χ3v) is 8.12. The zero-order valence-electron chi connectivity index (χ0n) is 23.7. The Labute approximate surface area is 241 Å². The molecular weight excluding hydrogens is 519 g/mol. The highest BCUT2D eigenvalue weighted by Gasteiger charge is 2.41. The van der Waals surface area contributed by atoms with E-state index in [1.165, 1.54) is 12.1 Å². The molecule has 7 heteroatoms. The summed E-state index contributed by atoms with van der Waals surface area (Å²) in [5.41, 5.74) is 3.75. The molecule has 6 nitrogen and oxygen atoms in total. The first kappa shape index (κ1) is 28.6. The lowest BCUT2D eigenvalue weighted by atomic mass is 9.82. The normalized spacial score (nSPS) is 18.7. The van der Waals surface area contributed by atoms with Crippen LogP contribution >= 0.6 is 0 Å². The van der Waals surface area contributed by atoms with Crippen LogP contribution in [-0.2, 0) is 16.0 Å². The Morgan fingerprint density at radius 2 is 1.76 bits per heavy atom. The van der Waals surface area contributed by atoms with Crippen LogP contribution in [0.2, 0.25) is 0 Å². The van der Waals surface area contributed by atoms with E-state index in [0.29, 0.717) is 37.3 Å². The van der Waals surface area contributed by atoms with Crippen molar-refractivity contribution in [3.8, 4) is 5.75 Å². The van der Waals surface area contributed by atoms with Crippen LogP contribution in [0.5, 0.6) is 5.75 Å². The Morgan fingerprint density at radius 3 is 2.46 bits per heavy atom. The fourth-order valence-electron chi connectivity index (χ4n) is 5.81. The summed E-state index contributed by atoms with van der Waals surface area (Å²) in [5, 5.41) is 3.21. The number of piperidine rings is 1. The molecule has 2 heterocycles. The lowest BCUT2D eigenvalue weighted by molar-refractivity contribution is -0.127. The van der Waals surface area contributed by atoms with Gasteiger partial charge in [-0.3, -0.25) is 9.59 Å². The van der Waals surface area contributed by atoms with E-state index in [-0.39, 0.29) is 29.3 Å². The summed E-state index contributed by atoms with van der Waals surface area (Å²) >= 11 is 0. The minimum atomic E-state index is -0.334. The number of carbonyl (C=O) groups excluding carboxylic acids is 2. The van der Waals surface area contributed by atoms with Crippen LogP contribution in [0.4, 0.5) is 4.39 Å². The Bertz CT molecular complexity index is 1410. The molecule has 2 amide bonds. The molecule has 0 radical (unpaired) electrons. The summed E-state index contributed by atoms with van der Waals surface area (Å²) in [6, 6.07) is 21.8. The van der Waals surface area contributed by atoms with Crippen molar-refractivity contribution < 1.29 is 23.5 Å². The first-order chi connectivity index (χ1) is 19.8. The van der Waals surface area contributed by atoms with Crippen molar-refractivity contribution in [2.45, 2.75) is 50.7 Å². The summed E-state index contributed by atoms with van der Waals surface area (Å²) in [7, 11) is 1.63. The maximum Gasteiger partial charge on any atom is 0.253 e. The van der Waals surface area contributed by atoms with E-state index in [1.807, 2.05) is 72.5 Å². The van der Waals surface area contributed by atoms with Crippen LogP contribution in [0.3, 0.4) is 0 Å². The fraction of sp³-hybridized carbons (Fsp3) is 0.353. The topological polar surface area (TPSA) is 67.9 Å². The van der Waals surface area contributed by atoms with E-state index in [1.54, 1.807) is 13.2 Å². The molecule has 1 atom stereocenters. The molecule has 5 rings (SSSR count). The van der Waals surface area contributed by atoms with Crippen molar-refractivity contribution in [1.29, 1.82) is 0 Å². The van der Waals surface area contributed by atoms with Gasteiger partial charge in [-0.25, -0.2) is 4.39 Å². The molecule has 1 unspecified atom stereocenters. The number of carbonyl (C=O) groups is 2. The van der Waals surface area contributed by atoms with E-state index in [9.17, 15) is 14.0 Å². The van der Waals surface area contributed by atoms with E-state index in [0.717, 1.165) is 48.1 Å². The summed E-state index contributed by atoms with van der Waals surface area (Å²) in [6.45, 7) is 3.61. The molecule has 0 saturated carbocycles. The highest BCUT2D eigenvalue weighted by Crippen LogP contribution is 2.35. The van der Waals surface area contributed by atoms with Gasteiger partial charge in [0.2, 0.25) is 5.91 Å². The van der Waals surface area contributed by atoms with Gasteiger partial charge in [0.1, 0.15) is 11.6 Å². The largest absolute Gasteiger partial charge is 0.497 e. The first-order valence-electron chi connectivity index (χ1n) is 14.2. The highest BCUT2D eigenvalue weighted by molar-refractivity contribution is 5.97. The van der Waals surface area contributed by atoms with Crippen molar-refractivity contribution >= 4 is 17.9 Å².